The van der Waals surface area contributed by atoms with Crippen molar-refractivity contribution in [3.63, 3.8) is 0 Å². The summed E-state index contributed by atoms with van der Waals surface area (Å²) in [5, 5.41) is 18.5. The Morgan fingerprint density at radius 2 is 1.71 bits per heavy atom. The van der Waals surface area contributed by atoms with E-state index in [4.69, 9.17) is 0 Å². The zero-order valence-corrected chi connectivity index (χ0v) is 15.4. The molecule has 1 heterocycles. The molecule has 0 amide bonds. The van der Waals surface area contributed by atoms with Crippen LogP contribution >= 0.6 is 0 Å². The molecule has 0 spiro atoms. The molecule has 1 N–H and O–H groups in total. The van der Waals surface area contributed by atoms with Crippen molar-refractivity contribution in [2.45, 2.75) is 4.90 Å². The number of azo groups is 1. The van der Waals surface area contributed by atoms with Crippen LogP contribution in [0.15, 0.2) is 69.9 Å². The summed E-state index contributed by atoms with van der Waals surface area (Å²) in [4.78, 5) is 3.76. The molecule has 3 aromatic rings. The van der Waals surface area contributed by atoms with Gasteiger partial charge in [-0.3, -0.25) is 4.98 Å². The zero-order chi connectivity index (χ0) is 16.4. The molecule has 7 nitrogen and oxygen atoms in total. The van der Waals surface area contributed by atoms with E-state index in [1.807, 2.05) is 0 Å². The minimum atomic E-state index is -4.48. The van der Waals surface area contributed by atoms with Gasteiger partial charge in [0, 0.05) is 11.6 Å². The van der Waals surface area contributed by atoms with E-state index >= 15 is 0 Å². The normalized spacial score (nSPS) is 11.5. The second-order valence-corrected chi connectivity index (χ2v) is 6.03. The van der Waals surface area contributed by atoms with Gasteiger partial charge in [0.05, 0.1) is 16.3 Å². The standard InChI is InChI=1S/C15H11N3O4S.Na/c19-14-8-7-13(12-2-1-9-16-15(12)14)18-17-10-3-5-11(6-4-10)23(20,21)22;/h1-9,19H,(H,20,21,22);/q;+1/p-1. The van der Waals surface area contributed by atoms with E-state index in [9.17, 15) is 18.1 Å². The van der Waals surface area contributed by atoms with Gasteiger partial charge in [-0.2, -0.15) is 5.11 Å². The summed E-state index contributed by atoms with van der Waals surface area (Å²) >= 11 is 0. The number of phenols is 1. The first-order chi connectivity index (χ1) is 10.9. The smallest absolute Gasteiger partial charge is 0.744 e. The number of rotatable bonds is 3. The molecular weight excluding hydrogens is 341 g/mol. The molecule has 0 fully saturated rings. The fraction of sp³-hybridized carbons (Fsp3) is 0. The number of nitrogens with zero attached hydrogens (tertiary/aromatic N) is 3. The minimum absolute atomic E-state index is 0. The van der Waals surface area contributed by atoms with Gasteiger partial charge in [0.15, 0.2) is 0 Å². The molecule has 116 valence electrons. The van der Waals surface area contributed by atoms with Gasteiger partial charge in [-0.25, -0.2) is 8.42 Å². The van der Waals surface area contributed by atoms with Gasteiger partial charge in [0.2, 0.25) is 0 Å². The van der Waals surface area contributed by atoms with Crippen LogP contribution in [0, 0.1) is 0 Å². The average molecular weight is 351 g/mol. The first kappa shape index (κ1) is 18.5. The largest absolute Gasteiger partial charge is 1.00 e. The average Bonchev–Trinajstić information content (AvgIpc) is 2.54. The van der Waals surface area contributed by atoms with E-state index in [0.717, 1.165) is 0 Å². The van der Waals surface area contributed by atoms with Crippen LogP contribution in [0.4, 0.5) is 11.4 Å². The number of aromatic hydroxyl groups is 1. The number of hydrogen-bond acceptors (Lipinski definition) is 7. The number of phenolic OH excluding ortho intramolecular Hbond substituents is 1. The monoisotopic (exact) mass is 351 g/mol. The third kappa shape index (κ3) is 3.97. The van der Waals surface area contributed by atoms with E-state index in [1.54, 1.807) is 24.4 Å². The Hall–Kier alpha value is -1.84. The summed E-state index contributed by atoms with van der Waals surface area (Å²) in [6.45, 7) is 0. The third-order valence-electron chi connectivity index (χ3n) is 3.12. The van der Waals surface area contributed by atoms with E-state index in [2.05, 4.69) is 15.2 Å². The van der Waals surface area contributed by atoms with Crippen molar-refractivity contribution in [3.05, 3.63) is 54.7 Å². The van der Waals surface area contributed by atoms with Crippen LogP contribution in [0.1, 0.15) is 0 Å². The van der Waals surface area contributed by atoms with Crippen molar-refractivity contribution in [2.75, 3.05) is 0 Å². The van der Waals surface area contributed by atoms with E-state index in [1.165, 1.54) is 30.3 Å². The van der Waals surface area contributed by atoms with E-state index in [-0.39, 0.29) is 40.2 Å². The molecule has 0 saturated carbocycles. The molecule has 0 aliphatic carbocycles. The van der Waals surface area contributed by atoms with Crippen LogP contribution in [0.5, 0.6) is 5.75 Å². The van der Waals surface area contributed by atoms with E-state index in [0.29, 0.717) is 22.3 Å². The maximum Gasteiger partial charge on any atom is 1.00 e. The molecule has 1 aromatic heterocycles. The topological polar surface area (TPSA) is 115 Å². The molecule has 0 atom stereocenters. The summed E-state index contributed by atoms with van der Waals surface area (Å²) in [5.74, 6) is 0.0459. The van der Waals surface area contributed by atoms with Crippen molar-refractivity contribution in [3.8, 4) is 5.75 Å². The number of benzene rings is 2. The molecule has 0 saturated heterocycles. The van der Waals surface area contributed by atoms with Crippen LogP contribution in [-0.4, -0.2) is 23.1 Å². The van der Waals surface area contributed by atoms with Crippen molar-refractivity contribution < 1.29 is 47.6 Å². The Kier molecular flexibility index (Phi) is 5.68. The second-order valence-electron chi connectivity index (χ2n) is 4.65. The van der Waals surface area contributed by atoms with Crippen molar-refractivity contribution in [1.82, 2.24) is 4.98 Å². The molecule has 3 rings (SSSR count). The quantitative estimate of drug-likeness (QED) is 0.413. The summed E-state index contributed by atoms with van der Waals surface area (Å²) in [5.41, 5.74) is 1.31. The van der Waals surface area contributed by atoms with E-state index < -0.39 is 10.1 Å². The minimum Gasteiger partial charge on any atom is -0.744 e. The van der Waals surface area contributed by atoms with Crippen LogP contribution in [-0.2, 0) is 10.1 Å². The molecule has 24 heavy (non-hydrogen) atoms. The van der Waals surface area contributed by atoms with Gasteiger partial charge >= 0.3 is 29.6 Å². The molecule has 0 radical (unpaired) electrons. The first-order valence-electron chi connectivity index (χ1n) is 6.49. The van der Waals surface area contributed by atoms with Crippen LogP contribution in [0.2, 0.25) is 0 Å². The van der Waals surface area contributed by atoms with Gasteiger partial charge in [-0.15, -0.1) is 5.11 Å². The summed E-state index contributed by atoms with van der Waals surface area (Å²) in [7, 11) is -4.48. The number of fused-ring (bicyclic) bond motifs is 1. The maximum absolute atomic E-state index is 10.9. The molecular formula is C15H10N3NaO4S. The van der Waals surface area contributed by atoms with Gasteiger partial charge in [0.25, 0.3) is 0 Å². The van der Waals surface area contributed by atoms with Crippen LogP contribution < -0.4 is 29.6 Å². The summed E-state index contributed by atoms with van der Waals surface area (Å²) in [6, 6.07) is 11.7. The SMILES string of the molecule is O=S(=O)([O-])c1ccc(N=Nc2ccc(O)c3ncccc23)cc1.[Na+]. The molecule has 0 aliphatic heterocycles. The molecule has 0 unspecified atom stereocenters. The Balaban J connectivity index is 0.00000208. The van der Waals surface area contributed by atoms with Crippen molar-refractivity contribution >= 4 is 32.4 Å². The Labute approximate surface area is 160 Å². The predicted octanol–water partition coefficient (Wildman–Crippen LogP) is 0.264. The number of hydrogen-bond donors (Lipinski definition) is 1. The number of pyridine rings is 1. The fourth-order valence-corrected chi connectivity index (χ4v) is 2.49. The molecule has 9 heteroatoms. The second kappa shape index (κ2) is 7.37. The third-order valence-corrected chi connectivity index (χ3v) is 3.97. The first-order valence-corrected chi connectivity index (χ1v) is 7.90. The van der Waals surface area contributed by atoms with Crippen LogP contribution in [0.3, 0.4) is 0 Å². The zero-order valence-electron chi connectivity index (χ0n) is 12.6. The summed E-state index contributed by atoms with van der Waals surface area (Å²) < 4.78 is 32.6. The fourth-order valence-electron chi connectivity index (χ4n) is 2.02. The van der Waals surface area contributed by atoms with Gasteiger partial charge < -0.3 is 9.66 Å². The number of aromatic nitrogens is 1. The predicted molar refractivity (Wildman–Crippen MR) is 82.0 cm³/mol. The van der Waals surface area contributed by atoms with Gasteiger partial charge in [-0.1, -0.05) is 0 Å². The Morgan fingerprint density at radius 1 is 1.00 bits per heavy atom. The van der Waals surface area contributed by atoms with Crippen LogP contribution in [0.25, 0.3) is 10.9 Å². The molecule has 0 bridgehead atoms. The van der Waals surface area contributed by atoms with Gasteiger partial charge in [0.1, 0.15) is 21.4 Å². The Bertz CT molecular complexity index is 1000. The van der Waals surface area contributed by atoms with Crippen molar-refractivity contribution in [1.29, 1.82) is 0 Å². The molecule has 0 aliphatic rings. The molecule has 2 aromatic carbocycles. The van der Waals surface area contributed by atoms with Gasteiger partial charge in [-0.05, 0) is 48.5 Å². The Morgan fingerprint density at radius 3 is 2.38 bits per heavy atom. The van der Waals surface area contributed by atoms with Crippen molar-refractivity contribution in [2.24, 2.45) is 10.2 Å². The maximum atomic E-state index is 10.9. The summed E-state index contributed by atoms with van der Waals surface area (Å²) in [6.07, 6.45) is 1.56.